The van der Waals surface area contributed by atoms with Gasteiger partial charge < -0.3 is 15.6 Å². The normalized spacial score (nSPS) is 20.1. The van der Waals surface area contributed by atoms with E-state index >= 15 is 0 Å². The van der Waals surface area contributed by atoms with E-state index in [2.05, 4.69) is 9.97 Å². The predicted octanol–water partition coefficient (Wildman–Crippen LogP) is -0.314. The first kappa shape index (κ1) is 11.4. The molecule has 1 atom stereocenters. The van der Waals surface area contributed by atoms with Gasteiger partial charge in [0.2, 0.25) is 5.91 Å². The van der Waals surface area contributed by atoms with E-state index < -0.39 is 0 Å². The number of carbonyl (C=O) groups excluding carboxylic acids is 1. The fourth-order valence-corrected chi connectivity index (χ4v) is 2.42. The SMILES string of the molecule is NC(=O)C1CCN(c2nc[nH]c(=O)c2I)C1. The molecule has 0 aromatic carbocycles. The van der Waals surface area contributed by atoms with Gasteiger partial charge in [0.15, 0.2) is 0 Å². The Morgan fingerprint density at radius 2 is 2.44 bits per heavy atom. The quantitative estimate of drug-likeness (QED) is 0.726. The summed E-state index contributed by atoms with van der Waals surface area (Å²) in [5, 5.41) is 0. The van der Waals surface area contributed by atoms with Crippen molar-refractivity contribution in [3.63, 3.8) is 0 Å². The van der Waals surface area contributed by atoms with Crippen LogP contribution in [-0.2, 0) is 4.79 Å². The highest BCUT2D eigenvalue weighted by Gasteiger charge is 2.28. The molecule has 0 saturated carbocycles. The van der Waals surface area contributed by atoms with Crippen LogP contribution in [0.2, 0.25) is 0 Å². The van der Waals surface area contributed by atoms with Gasteiger partial charge in [-0.15, -0.1) is 0 Å². The van der Waals surface area contributed by atoms with Crippen LogP contribution in [0.25, 0.3) is 0 Å². The average Bonchev–Trinajstić information content (AvgIpc) is 2.71. The van der Waals surface area contributed by atoms with E-state index in [1.165, 1.54) is 6.33 Å². The molecule has 0 spiro atoms. The Morgan fingerprint density at radius 3 is 3.06 bits per heavy atom. The molecule has 0 aliphatic carbocycles. The molecular formula is C9H11IN4O2. The third-order valence-corrected chi connectivity index (χ3v) is 3.64. The summed E-state index contributed by atoms with van der Waals surface area (Å²) < 4.78 is 0.547. The molecule has 1 aromatic rings. The lowest BCUT2D eigenvalue weighted by molar-refractivity contribution is -0.121. The van der Waals surface area contributed by atoms with E-state index in [0.29, 0.717) is 22.5 Å². The van der Waals surface area contributed by atoms with Crippen molar-refractivity contribution in [1.82, 2.24) is 9.97 Å². The Morgan fingerprint density at radius 1 is 1.69 bits per heavy atom. The van der Waals surface area contributed by atoms with Gasteiger partial charge >= 0.3 is 0 Å². The highest BCUT2D eigenvalue weighted by Crippen LogP contribution is 2.23. The lowest BCUT2D eigenvalue weighted by atomic mass is 10.1. The number of aromatic amines is 1. The second-order valence-electron chi connectivity index (χ2n) is 3.70. The Balaban J connectivity index is 2.24. The molecule has 1 unspecified atom stereocenters. The van der Waals surface area contributed by atoms with Crippen LogP contribution >= 0.6 is 22.6 Å². The molecule has 86 valence electrons. The monoisotopic (exact) mass is 334 g/mol. The maximum atomic E-state index is 11.4. The molecule has 1 amide bonds. The van der Waals surface area contributed by atoms with Crippen molar-refractivity contribution in [2.75, 3.05) is 18.0 Å². The molecule has 6 nitrogen and oxygen atoms in total. The Labute approximate surface area is 105 Å². The maximum Gasteiger partial charge on any atom is 0.266 e. The summed E-state index contributed by atoms with van der Waals surface area (Å²) in [4.78, 5) is 31.0. The van der Waals surface area contributed by atoms with Crippen LogP contribution in [0.5, 0.6) is 0 Å². The van der Waals surface area contributed by atoms with Crippen LogP contribution in [0.3, 0.4) is 0 Å². The average molecular weight is 334 g/mol. The molecule has 1 saturated heterocycles. The van der Waals surface area contributed by atoms with Crippen molar-refractivity contribution in [2.24, 2.45) is 11.7 Å². The lowest BCUT2D eigenvalue weighted by Gasteiger charge is -2.17. The molecule has 1 fully saturated rings. The van der Waals surface area contributed by atoms with E-state index in [0.717, 1.165) is 6.42 Å². The fourth-order valence-electron chi connectivity index (χ4n) is 1.78. The zero-order valence-corrected chi connectivity index (χ0v) is 10.6. The summed E-state index contributed by atoms with van der Waals surface area (Å²) in [7, 11) is 0. The minimum atomic E-state index is -0.289. The molecule has 2 rings (SSSR count). The second-order valence-corrected chi connectivity index (χ2v) is 4.78. The highest BCUT2D eigenvalue weighted by atomic mass is 127. The van der Waals surface area contributed by atoms with Gasteiger partial charge in [-0.3, -0.25) is 9.59 Å². The Hall–Kier alpha value is -1.12. The zero-order valence-electron chi connectivity index (χ0n) is 8.44. The standard InChI is InChI=1S/C9H11IN4O2/c10-6-8(12-4-13-9(6)16)14-2-1-5(3-14)7(11)15/h4-5H,1-3H2,(H2,11,15)(H,12,13,16). The summed E-state index contributed by atoms with van der Waals surface area (Å²) in [6.07, 6.45) is 2.09. The number of carbonyl (C=O) groups is 1. The third kappa shape index (κ3) is 2.04. The molecule has 1 aliphatic rings. The van der Waals surface area contributed by atoms with Crippen LogP contribution in [0.15, 0.2) is 11.1 Å². The number of anilines is 1. The van der Waals surface area contributed by atoms with Gasteiger partial charge in [0, 0.05) is 13.1 Å². The Bertz CT molecular complexity index is 473. The Kier molecular flexibility index (Phi) is 3.13. The summed E-state index contributed by atoms with van der Waals surface area (Å²) in [5.74, 6) is 0.201. The number of primary amides is 1. The van der Waals surface area contributed by atoms with E-state index in [1.54, 1.807) is 0 Å². The van der Waals surface area contributed by atoms with Gasteiger partial charge in [-0.25, -0.2) is 4.98 Å². The van der Waals surface area contributed by atoms with Gasteiger partial charge in [-0.1, -0.05) is 0 Å². The van der Waals surface area contributed by atoms with Crippen LogP contribution in [-0.4, -0.2) is 29.0 Å². The molecule has 2 heterocycles. The maximum absolute atomic E-state index is 11.4. The van der Waals surface area contributed by atoms with E-state index in [9.17, 15) is 9.59 Å². The van der Waals surface area contributed by atoms with E-state index in [-0.39, 0.29) is 17.4 Å². The lowest BCUT2D eigenvalue weighted by Crippen LogP contribution is -2.29. The first-order chi connectivity index (χ1) is 7.59. The van der Waals surface area contributed by atoms with Crippen LogP contribution < -0.4 is 16.2 Å². The number of H-pyrrole nitrogens is 1. The largest absolute Gasteiger partial charge is 0.369 e. The molecule has 0 radical (unpaired) electrons. The first-order valence-electron chi connectivity index (χ1n) is 4.87. The molecule has 0 bridgehead atoms. The minimum absolute atomic E-state index is 0.142. The predicted molar refractivity (Wildman–Crippen MR) is 67.1 cm³/mol. The van der Waals surface area contributed by atoms with Crippen LogP contribution in [0, 0.1) is 9.49 Å². The zero-order chi connectivity index (χ0) is 11.7. The van der Waals surface area contributed by atoms with Crippen LogP contribution in [0.4, 0.5) is 5.82 Å². The third-order valence-electron chi connectivity index (χ3n) is 2.67. The van der Waals surface area contributed by atoms with Gasteiger partial charge in [0.05, 0.1) is 12.2 Å². The van der Waals surface area contributed by atoms with Crippen molar-refractivity contribution >= 4 is 34.3 Å². The number of hydrogen-bond acceptors (Lipinski definition) is 4. The number of nitrogens with zero attached hydrogens (tertiary/aromatic N) is 2. The van der Waals surface area contributed by atoms with Crippen molar-refractivity contribution in [2.45, 2.75) is 6.42 Å². The fraction of sp³-hybridized carbons (Fsp3) is 0.444. The summed E-state index contributed by atoms with van der Waals surface area (Å²) >= 11 is 1.95. The second kappa shape index (κ2) is 4.40. The van der Waals surface area contributed by atoms with Crippen LogP contribution in [0.1, 0.15) is 6.42 Å². The van der Waals surface area contributed by atoms with Crippen molar-refractivity contribution in [3.8, 4) is 0 Å². The van der Waals surface area contributed by atoms with Gasteiger partial charge in [0.1, 0.15) is 9.39 Å². The number of nitrogens with one attached hydrogen (secondary N) is 1. The number of halogens is 1. The first-order valence-corrected chi connectivity index (χ1v) is 5.95. The molecular weight excluding hydrogens is 323 g/mol. The van der Waals surface area contributed by atoms with Gasteiger partial charge in [0.25, 0.3) is 5.56 Å². The summed E-state index contributed by atoms with van der Waals surface area (Å²) in [6, 6.07) is 0. The van der Waals surface area contributed by atoms with Crippen molar-refractivity contribution in [3.05, 3.63) is 20.3 Å². The van der Waals surface area contributed by atoms with Crippen molar-refractivity contribution < 1.29 is 4.79 Å². The van der Waals surface area contributed by atoms with Gasteiger partial charge in [-0.2, -0.15) is 0 Å². The smallest absolute Gasteiger partial charge is 0.266 e. The summed E-state index contributed by atoms with van der Waals surface area (Å²) in [6.45, 7) is 1.25. The molecule has 1 aliphatic heterocycles. The molecule has 3 N–H and O–H groups in total. The van der Waals surface area contributed by atoms with E-state index in [1.807, 2.05) is 27.5 Å². The minimum Gasteiger partial charge on any atom is -0.369 e. The van der Waals surface area contributed by atoms with E-state index in [4.69, 9.17) is 5.73 Å². The number of rotatable bonds is 2. The number of aromatic nitrogens is 2. The molecule has 16 heavy (non-hydrogen) atoms. The van der Waals surface area contributed by atoms with Gasteiger partial charge in [-0.05, 0) is 29.0 Å². The van der Waals surface area contributed by atoms with Crippen molar-refractivity contribution in [1.29, 1.82) is 0 Å². The number of nitrogens with two attached hydrogens (primary N) is 1. The molecule has 1 aromatic heterocycles. The molecule has 7 heteroatoms. The summed E-state index contributed by atoms with van der Waals surface area (Å²) in [5.41, 5.74) is 5.09. The number of hydrogen-bond donors (Lipinski definition) is 2. The topological polar surface area (TPSA) is 92.1 Å². The highest BCUT2D eigenvalue weighted by molar-refractivity contribution is 14.1. The number of amides is 1.